The molecule has 0 spiro atoms. The number of hydrogen-bond donors (Lipinski definition) is 1. The van der Waals surface area contributed by atoms with E-state index in [2.05, 4.69) is 52.7 Å². The van der Waals surface area contributed by atoms with Crippen molar-refractivity contribution in [2.24, 2.45) is 0 Å². The molecule has 0 saturated heterocycles. The second-order valence-corrected chi connectivity index (χ2v) is 8.69. The Labute approximate surface area is 183 Å². The number of ether oxygens (including phenoxy) is 1. The summed E-state index contributed by atoms with van der Waals surface area (Å²) in [5.74, 6) is 0.933. The molecule has 4 rings (SSSR count). The Balaban J connectivity index is 1.54. The maximum Gasteiger partial charge on any atom is 0.234 e. The molecule has 0 saturated carbocycles. The number of hydrogen-bond acceptors (Lipinski definition) is 6. The molecule has 152 valence electrons. The van der Waals surface area contributed by atoms with Crippen LogP contribution in [0.25, 0.3) is 21.3 Å². The van der Waals surface area contributed by atoms with Crippen molar-refractivity contribution in [3.63, 3.8) is 0 Å². The number of anilines is 1. The molecule has 1 N–H and O–H groups in total. The number of rotatable bonds is 6. The van der Waals surface area contributed by atoms with E-state index in [9.17, 15) is 4.79 Å². The van der Waals surface area contributed by atoms with Gasteiger partial charge in [0.05, 0.1) is 18.2 Å². The summed E-state index contributed by atoms with van der Waals surface area (Å²) in [6, 6.07) is 13.7. The summed E-state index contributed by atoms with van der Waals surface area (Å²) < 4.78 is 5.14. The second-order valence-electron chi connectivity index (χ2n) is 6.87. The first-order chi connectivity index (χ1) is 14.5. The highest BCUT2D eigenvalue weighted by Gasteiger charge is 2.15. The van der Waals surface area contributed by atoms with Gasteiger partial charge in [-0.3, -0.25) is 4.79 Å². The fourth-order valence-corrected chi connectivity index (χ4v) is 4.88. The molecule has 0 atom stereocenters. The number of benzene rings is 2. The SMILES string of the molecule is COc1ccc(NC(=O)CSc2ncnc3scc(-c4ccc(C)c(C)c4)c23)cc1. The lowest BCUT2D eigenvalue weighted by atomic mass is 10.0. The number of carbonyl (C=O) groups excluding carboxylic acids is 1. The Morgan fingerprint density at radius 1 is 1.10 bits per heavy atom. The van der Waals surface area contributed by atoms with Gasteiger partial charge in [-0.15, -0.1) is 11.3 Å². The van der Waals surface area contributed by atoms with Gasteiger partial charge in [0.1, 0.15) is 21.9 Å². The summed E-state index contributed by atoms with van der Waals surface area (Å²) in [6.07, 6.45) is 1.56. The van der Waals surface area contributed by atoms with Crippen LogP contribution in [0.5, 0.6) is 5.75 Å². The predicted octanol–water partition coefficient (Wildman–Crippen LogP) is 5.71. The van der Waals surface area contributed by atoms with Crippen molar-refractivity contribution in [3.05, 3.63) is 65.3 Å². The van der Waals surface area contributed by atoms with Crippen molar-refractivity contribution in [3.8, 4) is 16.9 Å². The van der Waals surface area contributed by atoms with Gasteiger partial charge in [0.15, 0.2) is 0 Å². The number of nitrogens with one attached hydrogen (secondary N) is 1. The largest absolute Gasteiger partial charge is 0.497 e. The maximum atomic E-state index is 12.4. The first-order valence-corrected chi connectivity index (χ1v) is 11.3. The molecular weight excluding hydrogens is 414 g/mol. The van der Waals surface area contributed by atoms with Crippen molar-refractivity contribution in [1.82, 2.24) is 9.97 Å². The van der Waals surface area contributed by atoms with Crippen molar-refractivity contribution in [1.29, 1.82) is 0 Å². The summed E-state index contributed by atoms with van der Waals surface area (Å²) in [4.78, 5) is 22.3. The predicted molar refractivity (Wildman–Crippen MR) is 125 cm³/mol. The van der Waals surface area contributed by atoms with Crippen LogP contribution in [0.3, 0.4) is 0 Å². The van der Waals surface area contributed by atoms with E-state index in [0.29, 0.717) is 0 Å². The standard InChI is InChI=1S/C23H21N3O2S2/c1-14-4-5-16(10-15(14)2)19-11-29-22-21(19)23(25-13-24-22)30-12-20(27)26-17-6-8-18(28-3)9-7-17/h4-11,13H,12H2,1-3H3,(H,26,27). The fourth-order valence-electron chi connectivity index (χ4n) is 3.08. The van der Waals surface area contributed by atoms with Gasteiger partial charge in [0, 0.05) is 16.6 Å². The molecule has 1 amide bonds. The third-order valence-corrected chi connectivity index (χ3v) is 6.74. The molecule has 0 bridgehead atoms. The summed E-state index contributed by atoms with van der Waals surface area (Å²) >= 11 is 3.02. The zero-order valence-corrected chi connectivity index (χ0v) is 18.6. The quantitative estimate of drug-likeness (QED) is 0.310. The number of amides is 1. The highest BCUT2D eigenvalue weighted by atomic mass is 32.2. The molecule has 0 fully saturated rings. The molecule has 2 aromatic carbocycles. The molecule has 0 aliphatic rings. The number of thioether (sulfide) groups is 1. The zero-order chi connectivity index (χ0) is 21.1. The van der Waals surface area contributed by atoms with E-state index in [1.165, 1.54) is 22.9 Å². The van der Waals surface area contributed by atoms with Crippen molar-refractivity contribution in [2.75, 3.05) is 18.2 Å². The maximum absolute atomic E-state index is 12.4. The lowest BCUT2D eigenvalue weighted by Crippen LogP contribution is -2.14. The molecule has 0 aliphatic carbocycles. The van der Waals surface area contributed by atoms with E-state index in [1.807, 2.05) is 24.3 Å². The Kier molecular flexibility index (Phi) is 6.01. The minimum absolute atomic E-state index is 0.0834. The van der Waals surface area contributed by atoms with Crippen LogP contribution in [0.4, 0.5) is 5.69 Å². The highest BCUT2D eigenvalue weighted by Crippen LogP contribution is 2.38. The van der Waals surface area contributed by atoms with Gasteiger partial charge < -0.3 is 10.1 Å². The minimum Gasteiger partial charge on any atom is -0.497 e. The van der Waals surface area contributed by atoms with Crippen molar-refractivity contribution < 1.29 is 9.53 Å². The van der Waals surface area contributed by atoms with Crippen LogP contribution in [-0.2, 0) is 4.79 Å². The van der Waals surface area contributed by atoms with E-state index in [-0.39, 0.29) is 11.7 Å². The molecule has 30 heavy (non-hydrogen) atoms. The van der Waals surface area contributed by atoms with Gasteiger partial charge in [-0.05, 0) is 54.8 Å². The van der Waals surface area contributed by atoms with Crippen LogP contribution >= 0.6 is 23.1 Å². The molecule has 0 unspecified atom stereocenters. The van der Waals surface area contributed by atoms with E-state index < -0.39 is 0 Å². The van der Waals surface area contributed by atoms with Crippen LogP contribution in [0, 0.1) is 13.8 Å². The van der Waals surface area contributed by atoms with E-state index in [4.69, 9.17) is 4.74 Å². The molecule has 0 radical (unpaired) electrons. The van der Waals surface area contributed by atoms with Gasteiger partial charge >= 0.3 is 0 Å². The lowest BCUT2D eigenvalue weighted by molar-refractivity contribution is -0.113. The topological polar surface area (TPSA) is 64.1 Å². The van der Waals surface area contributed by atoms with Gasteiger partial charge in [0.2, 0.25) is 5.91 Å². The zero-order valence-electron chi connectivity index (χ0n) is 16.9. The first kappa shape index (κ1) is 20.4. The van der Waals surface area contributed by atoms with Gasteiger partial charge in [-0.1, -0.05) is 30.0 Å². The van der Waals surface area contributed by atoms with Gasteiger partial charge in [-0.25, -0.2) is 9.97 Å². The lowest BCUT2D eigenvalue weighted by Gasteiger charge is -2.08. The Hall–Kier alpha value is -2.90. The molecule has 2 heterocycles. The van der Waals surface area contributed by atoms with Crippen LogP contribution in [0.15, 0.2) is 59.2 Å². The smallest absolute Gasteiger partial charge is 0.234 e. The van der Waals surface area contributed by atoms with Crippen molar-refractivity contribution in [2.45, 2.75) is 18.9 Å². The summed E-state index contributed by atoms with van der Waals surface area (Å²) in [6.45, 7) is 4.22. The summed E-state index contributed by atoms with van der Waals surface area (Å²) in [7, 11) is 1.61. The number of fused-ring (bicyclic) bond motifs is 1. The number of nitrogens with zero attached hydrogens (tertiary/aromatic N) is 2. The normalized spacial score (nSPS) is 10.9. The number of aromatic nitrogens is 2. The Morgan fingerprint density at radius 3 is 2.63 bits per heavy atom. The summed E-state index contributed by atoms with van der Waals surface area (Å²) in [5.41, 5.74) is 5.50. The minimum atomic E-state index is -0.0834. The van der Waals surface area contributed by atoms with Crippen LogP contribution in [-0.4, -0.2) is 28.7 Å². The van der Waals surface area contributed by atoms with E-state index >= 15 is 0 Å². The number of aryl methyl sites for hydroxylation is 2. The average Bonchev–Trinajstić information content (AvgIpc) is 3.19. The van der Waals surface area contributed by atoms with Crippen molar-refractivity contribution >= 4 is 44.9 Å². The Morgan fingerprint density at radius 2 is 1.90 bits per heavy atom. The van der Waals surface area contributed by atoms with E-state index in [1.54, 1.807) is 24.8 Å². The number of methoxy groups -OCH3 is 1. The second kappa shape index (κ2) is 8.85. The molecule has 0 aliphatic heterocycles. The summed E-state index contributed by atoms with van der Waals surface area (Å²) in [5, 5.41) is 6.85. The Bertz CT molecular complexity index is 1200. The molecular formula is C23H21N3O2S2. The van der Waals surface area contributed by atoms with Crippen LogP contribution < -0.4 is 10.1 Å². The van der Waals surface area contributed by atoms with Gasteiger partial charge in [-0.2, -0.15) is 0 Å². The number of thiophene rings is 1. The monoisotopic (exact) mass is 435 g/mol. The number of carbonyl (C=O) groups is 1. The third-order valence-electron chi connectivity index (χ3n) is 4.87. The van der Waals surface area contributed by atoms with Crippen LogP contribution in [0.2, 0.25) is 0 Å². The average molecular weight is 436 g/mol. The van der Waals surface area contributed by atoms with Gasteiger partial charge in [0.25, 0.3) is 0 Å². The fraction of sp³-hybridized carbons (Fsp3) is 0.174. The molecule has 2 aromatic heterocycles. The third kappa shape index (κ3) is 4.32. The first-order valence-electron chi connectivity index (χ1n) is 9.41. The molecule has 7 heteroatoms. The van der Waals surface area contributed by atoms with E-state index in [0.717, 1.165) is 37.8 Å². The highest BCUT2D eigenvalue weighted by molar-refractivity contribution is 8.00. The molecule has 4 aromatic rings. The molecule has 5 nitrogen and oxygen atoms in total. The van der Waals surface area contributed by atoms with Crippen LogP contribution in [0.1, 0.15) is 11.1 Å².